The van der Waals surface area contributed by atoms with Crippen molar-refractivity contribution in [2.24, 2.45) is 4.99 Å². The van der Waals surface area contributed by atoms with E-state index in [1.54, 1.807) is 12.2 Å². The Morgan fingerprint density at radius 3 is 2.95 bits per heavy atom. The lowest BCUT2D eigenvalue weighted by Crippen LogP contribution is -2.64. The van der Waals surface area contributed by atoms with E-state index in [9.17, 15) is 4.79 Å². The molecule has 0 saturated carbocycles. The molecule has 0 bridgehead atoms. The standard InChI is InChI=1S/C16H21N3O2/c1-5-12-7-6-8-15(18-12)19-10-14(21-16(2,3)4)13(19)9-17-11-20/h5-8,13-14H,1,9-10H2,2-4H3. The van der Waals surface area contributed by atoms with Gasteiger partial charge in [-0.2, -0.15) is 0 Å². The van der Waals surface area contributed by atoms with Crippen LogP contribution in [0.4, 0.5) is 5.82 Å². The molecule has 1 fully saturated rings. The van der Waals surface area contributed by atoms with Crippen molar-refractivity contribution in [2.75, 3.05) is 18.0 Å². The highest BCUT2D eigenvalue weighted by molar-refractivity contribution is 5.51. The summed E-state index contributed by atoms with van der Waals surface area (Å²) in [5.41, 5.74) is 0.598. The van der Waals surface area contributed by atoms with Gasteiger partial charge in [-0.15, -0.1) is 0 Å². The van der Waals surface area contributed by atoms with Crippen LogP contribution in [-0.4, -0.2) is 41.9 Å². The van der Waals surface area contributed by atoms with Crippen LogP contribution in [-0.2, 0) is 9.53 Å². The van der Waals surface area contributed by atoms with Crippen LogP contribution in [0.5, 0.6) is 0 Å². The molecule has 0 aromatic carbocycles. The Hall–Kier alpha value is -1.97. The number of aromatic nitrogens is 1. The molecular weight excluding hydrogens is 266 g/mol. The van der Waals surface area contributed by atoms with Gasteiger partial charge in [0.15, 0.2) is 0 Å². The van der Waals surface area contributed by atoms with Crippen LogP contribution in [0.3, 0.4) is 0 Å². The number of isocyanates is 1. The van der Waals surface area contributed by atoms with Crippen molar-refractivity contribution < 1.29 is 9.53 Å². The minimum atomic E-state index is -0.226. The third-order valence-corrected chi connectivity index (χ3v) is 3.31. The number of rotatable bonds is 5. The van der Waals surface area contributed by atoms with Gasteiger partial charge in [-0.3, -0.25) is 0 Å². The van der Waals surface area contributed by atoms with Crippen LogP contribution in [0.15, 0.2) is 29.8 Å². The first-order chi connectivity index (χ1) is 9.94. The maximum atomic E-state index is 10.4. The lowest BCUT2D eigenvalue weighted by Gasteiger charge is -2.49. The molecule has 0 radical (unpaired) electrons. The molecule has 1 aromatic heterocycles. The molecule has 0 amide bonds. The number of aliphatic imine (C=N–C) groups is 1. The summed E-state index contributed by atoms with van der Waals surface area (Å²) >= 11 is 0. The van der Waals surface area contributed by atoms with E-state index in [0.29, 0.717) is 6.54 Å². The SMILES string of the molecule is C=Cc1cccc(N2CC(OC(C)(C)C)C2CN=C=O)n1. The minimum Gasteiger partial charge on any atom is -0.369 e. The fraction of sp³-hybridized carbons (Fsp3) is 0.500. The van der Waals surface area contributed by atoms with Crippen LogP contribution in [0.1, 0.15) is 26.5 Å². The zero-order valence-electron chi connectivity index (χ0n) is 12.7. The van der Waals surface area contributed by atoms with E-state index in [0.717, 1.165) is 18.1 Å². The van der Waals surface area contributed by atoms with Crippen LogP contribution in [0.2, 0.25) is 0 Å². The van der Waals surface area contributed by atoms with Gasteiger partial charge >= 0.3 is 0 Å². The molecule has 0 N–H and O–H groups in total. The lowest BCUT2D eigenvalue weighted by molar-refractivity contribution is -0.0891. The smallest absolute Gasteiger partial charge is 0.235 e. The first-order valence-electron chi connectivity index (χ1n) is 7.02. The maximum absolute atomic E-state index is 10.4. The van der Waals surface area contributed by atoms with Gasteiger partial charge in [0.25, 0.3) is 0 Å². The predicted molar refractivity (Wildman–Crippen MR) is 83.1 cm³/mol. The van der Waals surface area contributed by atoms with E-state index < -0.39 is 0 Å². The summed E-state index contributed by atoms with van der Waals surface area (Å²) in [6.07, 6.45) is 3.35. The van der Waals surface area contributed by atoms with Crippen LogP contribution < -0.4 is 4.90 Å². The van der Waals surface area contributed by atoms with E-state index in [4.69, 9.17) is 4.74 Å². The van der Waals surface area contributed by atoms with E-state index in [-0.39, 0.29) is 17.7 Å². The Labute approximate surface area is 125 Å². The maximum Gasteiger partial charge on any atom is 0.235 e. The molecule has 5 heteroatoms. The molecular formula is C16H21N3O2. The Balaban J connectivity index is 2.15. The molecule has 1 aliphatic heterocycles. The molecule has 1 saturated heterocycles. The number of hydrogen-bond acceptors (Lipinski definition) is 5. The third kappa shape index (κ3) is 3.78. The second-order valence-corrected chi connectivity index (χ2v) is 6.05. The highest BCUT2D eigenvalue weighted by atomic mass is 16.5. The molecule has 1 aromatic rings. The molecule has 21 heavy (non-hydrogen) atoms. The summed E-state index contributed by atoms with van der Waals surface area (Å²) in [4.78, 5) is 20.7. The summed E-state index contributed by atoms with van der Waals surface area (Å²) in [5, 5.41) is 0. The first kappa shape index (κ1) is 15.4. The fourth-order valence-electron chi connectivity index (χ4n) is 2.41. The van der Waals surface area contributed by atoms with Crippen molar-refractivity contribution >= 4 is 18.0 Å². The zero-order valence-corrected chi connectivity index (χ0v) is 12.7. The van der Waals surface area contributed by atoms with Gasteiger partial charge in [0, 0.05) is 6.54 Å². The fourth-order valence-corrected chi connectivity index (χ4v) is 2.41. The van der Waals surface area contributed by atoms with E-state index >= 15 is 0 Å². The predicted octanol–water partition coefficient (Wildman–Crippen LogP) is 2.43. The van der Waals surface area contributed by atoms with E-state index in [1.807, 2.05) is 39.0 Å². The number of pyridine rings is 1. The highest BCUT2D eigenvalue weighted by Crippen LogP contribution is 2.30. The Morgan fingerprint density at radius 2 is 2.33 bits per heavy atom. The second-order valence-electron chi connectivity index (χ2n) is 6.05. The first-order valence-corrected chi connectivity index (χ1v) is 7.02. The minimum absolute atomic E-state index is 0.0123. The zero-order chi connectivity index (χ0) is 15.5. The lowest BCUT2D eigenvalue weighted by atomic mass is 9.97. The Bertz CT molecular complexity index is 559. The molecule has 112 valence electrons. The average molecular weight is 287 g/mol. The van der Waals surface area contributed by atoms with Gasteiger partial charge in [0.05, 0.1) is 30.0 Å². The molecule has 5 nitrogen and oxygen atoms in total. The number of hydrogen-bond donors (Lipinski definition) is 0. The van der Waals surface area contributed by atoms with E-state index in [1.165, 1.54) is 0 Å². The summed E-state index contributed by atoms with van der Waals surface area (Å²) in [6.45, 7) is 10.9. The van der Waals surface area contributed by atoms with Crippen molar-refractivity contribution in [1.82, 2.24) is 4.98 Å². The summed E-state index contributed by atoms with van der Waals surface area (Å²) < 4.78 is 6.01. The quantitative estimate of drug-likeness (QED) is 0.616. The highest BCUT2D eigenvalue weighted by Gasteiger charge is 2.42. The molecule has 2 unspecified atom stereocenters. The van der Waals surface area contributed by atoms with Gasteiger partial charge in [0.2, 0.25) is 6.08 Å². The third-order valence-electron chi connectivity index (χ3n) is 3.31. The van der Waals surface area contributed by atoms with Gasteiger partial charge in [-0.1, -0.05) is 12.6 Å². The summed E-state index contributed by atoms with van der Waals surface area (Å²) in [6, 6.07) is 5.80. The molecule has 0 aliphatic carbocycles. The average Bonchev–Trinajstić information content (AvgIpc) is 2.42. The van der Waals surface area contributed by atoms with Crippen molar-refractivity contribution in [3.05, 3.63) is 30.5 Å². The van der Waals surface area contributed by atoms with Crippen molar-refractivity contribution in [3.8, 4) is 0 Å². The topological polar surface area (TPSA) is 54.8 Å². The van der Waals surface area contributed by atoms with Crippen molar-refractivity contribution in [2.45, 2.75) is 38.5 Å². The molecule has 2 heterocycles. The summed E-state index contributed by atoms with van der Waals surface area (Å²) in [7, 11) is 0. The number of anilines is 1. The molecule has 2 atom stereocenters. The largest absolute Gasteiger partial charge is 0.369 e. The van der Waals surface area contributed by atoms with Gasteiger partial charge in [-0.05, 0) is 39.0 Å². The van der Waals surface area contributed by atoms with Gasteiger partial charge in [0.1, 0.15) is 5.82 Å². The van der Waals surface area contributed by atoms with E-state index in [2.05, 4.69) is 21.5 Å². The van der Waals surface area contributed by atoms with Crippen LogP contribution in [0, 0.1) is 0 Å². The second kappa shape index (κ2) is 6.20. The molecule has 2 rings (SSSR count). The van der Waals surface area contributed by atoms with Crippen LogP contribution >= 0.6 is 0 Å². The van der Waals surface area contributed by atoms with Crippen molar-refractivity contribution in [1.29, 1.82) is 0 Å². The van der Waals surface area contributed by atoms with Crippen LogP contribution in [0.25, 0.3) is 6.08 Å². The molecule has 0 spiro atoms. The normalized spacial score (nSPS) is 21.4. The number of carbonyl (C=O) groups excluding carboxylic acids is 1. The van der Waals surface area contributed by atoms with Gasteiger partial charge in [-0.25, -0.2) is 14.8 Å². The number of ether oxygens (including phenoxy) is 1. The Kier molecular flexibility index (Phi) is 4.56. The monoisotopic (exact) mass is 287 g/mol. The number of nitrogens with zero attached hydrogens (tertiary/aromatic N) is 3. The van der Waals surface area contributed by atoms with Crippen molar-refractivity contribution in [3.63, 3.8) is 0 Å². The van der Waals surface area contributed by atoms with Gasteiger partial charge < -0.3 is 9.64 Å². The Morgan fingerprint density at radius 1 is 1.57 bits per heavy atom. The summed E-state index contributed by atoms with van der Waals surface area (Å²) in [5.74, 6) is 0.854. The molecule has 1 aliphatic rings.